The van der Waals surface area contributed by atoms with Gasteiger partial charge in [-0.15, -0.1) is 11.3 Å². The quantitative estimate of drug-likeness (QED) is 0.891. The molecule has 0 spiro atoms. The van der Waals surface area contributed by atoms with Crippen LogP contribution in [0.25, 0.3) is 0 Å². The number of aliphatic carboxylic acids is 1. The SMILES string of the molecule is Cc1cc(C)c(C(F)(F)CC(C)(C)C(=O)O)s1. The van der Waals surface area contributed by atoms with Crippen molar-refractivity contribution in [1.29, 1.82) is 0 Å². The highest BCUT2D eigenvalue weighted by Crippen LogP contribution is 2.44. The van der Waals surface area contributed by atoms with Crippen LogP contribution < -0.4 is 0 Å². The van der Waals surface area contributed by atoms with Crippen LogP contribution in [0.4, 0.5) is 8.78 Å². The fourth-order valence-corrected chi connectivity index (χ4v) is 2.71. The summed E-state index contributed by atoms with van der Waals surface area (Å²) in [6, 6.07) is 1.70. The van der Waals surface area contributed by atoms with Crippen molar-refractivity contribution < 1.29 is 18.7 Å². The molecule has 0 fully saturated rings. The van der Waals surface area contributed by atoms with Gasteiger partial charge in [-0.25, -0.2) is 8.78 Å². The van der Waals surface area contributed by atoms with Crippen molar-refractivity contribution in [3.8, 4) is 0 Å². The standard InChI is InChI=1S/C12H16F2O2S/c1-7-5-8(2)17-9(7)12(13,14)6-11(3,4)10(15)16/h5H,6H2,1-4H3,(H,15,16). The van der Waals surface area contributed by atoms with Crippen LogP contribution in [-0.2, 0) is 10.7 Å². The summed E-state index contributed by atoms with van der Waals surface area (Å²) in [7, 11) is 0. The molecule has 0 aliphatic heterocycles. The zero-order chi connectivity index (χ0) is 13.4. The molecule has 1 heterocycles. The normalized spacial score (nSPS) is 12.8. The van der Waals surface area contributed by atoms with Crippen LogP contribution in [0.3, 0.4) is 0 Å². The van der Waals surface area contributed by atoms with Gasteiger partial charge in [0.15, 0.2) is 0 Å². The molecule has 96 valence electrons. The minimum atomic E-state index is -3.09. The Labute approximate surface area is 103 Å². The van der Waals surface area contributed by atoms with Gasteiger partial charge in [-0.05, 0) is 39.3 Å². The fourth-order valence-electron chi connectivity index (χ4n) is 1.72. The second kappa shape index (κ2) is 4.37. The Kier molecular flexibility index (Phi) is 3.62. The summed E-state index contributed by atoms with van der Waals surface area (Å²) >= 11 is 1.03. The third-order valence-electron chi connectivity index (χ3n) is 2.62. The summed E-state index contributed by atoms with van der Waals surface area (Å²) in [5.41, 5.74) is -0.910. The molecule has 0 saturated heterocycles. The van der Waals surface area contributed by atoms with Crippen molar-refractivity contribution in [2.75, 3.05) is 0 Å². The van der Waals surface area contributed by atoms with Crippen molar-refractivity contribution in [2.45, 2.75) is 40.0 Å². The molecule has 1 rings (SSSR count). The first-order valence-corrected chi connectivity index (χ1v) is 6.06. The van der Waals surface area contributed by atoms with Gasteiger partial charge in [0, 0.05) is 11.3 Å². The van der Waals surface area contributed by atoms with Crippen LogP contribution in [0.2, 0.25) is 0 Å². The number of hydrogen-bond donors (Lipinski definition) is 1. The summed E-state index contributed by atoms with van der Waals surface area (Å²) in [4.78, 5) is 11.7. The van der Waals surface area contributed by atoms with E-state index >= 15 is 0 Å². The lowest BCUT2D eigenvalue weighted by atomic mass is 9.85. The largest absolute Gasteiger partial charge is 0.481 e. The van der Waals surface area contributed by atoms with Crippen molar-refractivity contribution in [2.24, 2.45) is 5.41 Å². The topological polar surface area (TPSA) is 37.3 Å². The molecule has 0 aliphatic rings. The molecule has 1 N–H and O–H groups in total. The summed E-state index contributed by atoms with van der Waals surface area (Å²) in [6.07, 6.45) is -0.684. The van der Waals surface area contributed by atoms with E-state index in [0.717, 1.165) is 16.2 Å². The average molecular weight is 262 g/mol. The van der Waals surface area contributed by atoms with E-state index in [1.807, 2.05) is 0 Å². The third kappa shape index (κ3) is 3.03. The Morgan fingerprint density at radius 3 is 2.29 bits per heavy atom. The van der Waals surface area contributed by atoms with Crippen LogP contribution in [0.5, 0.6) is 0 Å². The number of alkyl halides is 2. The van der Waals surface area contributed by atoms with Gasteiger partial charge in [0.2, 0.25) is 0 Å². The monoisotopic (exact) mass is 262 g/mol. The van der Waals surface area contributed by atoms with Crippen molar-refractivity contribution >= 4 is 17.3 Å². The third-order valence-corrected chi connectivity index (χ3v) is 3.88. The van der Waals surface area contributed by atoms with Crippen LogP contribution >= 0.6 is 11.3 Å². The highest BCUT2D eigenvalue weighted by molar-refractivity contribution is 7.12. The van der Waals surface area contributed by atoms with Gasteiger partial charge in [0.25, 0.3) is 5.92 Å². The predicted molar refractivity (Wildman–Crippen MR) is 63.7 cm³/mol. The summed E-state index contributed by atoms with van der Waals surface area (Å²) in [6.45, 7) is 6.03. The Morgan fingerprint density at radius 1 is 1.41 bits per heavy atom. The first-order valence-electron chi connectivity index (χ1n) is 5.25. The van der Waals surface area contributed by atoms with E-state index in [0.29, 0.717) is 5.56 Å². The van der Waals surface area contributed by atoms with E-state index in [2.05, 4.69) is 0 Å². The van der Waals surface area contributed by atoms with Crippen LogP contribution in [0.1, 0.15) is 35.6 Å². The number of thiophene rings is 1. The van der Waals surface area contributed by atoms with E-state index < -0.39 is 23.7 Å². The molecular weight excluding hydrogens is 246 g/mol. The second-order valence-electron chi connectivity index (χ2n) is 4.94. The highest BCUT2D eigenvalue weighted by atomic mass is 32.1. The summed E-state index contributed by atoms with van der Waals surface area (Å²) in [5.74, 6) is -4.30. The maximum Gasteiger partial charge on any atom is 0.309 e. The maximum atomic E-state index is 14.0. The first kappa shape index (κ1) is 14.1. The summed E-state index contributed by atoms with van der Waals surface area (Å²) < 4.78 is 28.1. The number of rotatable bonds is 4. The number of carboxylic acids is 1. The van der Waals surface area contributed by atoms with Crippen molar-refractivity contribution in [3.05, 3.63) is 21.4 Å². The maximum absolute atomic E-state index is 14.0. The van der Waals surface area contributed by atoms with Crippen molar-refractivity contribution in [1.82, 2.24) is 0 Å². The fraction of sp³-hybridized carbons (Fsp3) is 0.583. The number of carboxylic acid groups (broad SMARTS) is 1. The number of carbonyl (C=O) groups is 1. The van der Waals surface area contributed by atoms with Gasteiger partial charge < -0.3 is 5.11 Å². The highest BCUT2D eigenvalue weighted by Gasteiger charge is 2.44. The molecule has 0 amide bonds. The molecule has 1 aromatic rings. The number of aryl methyl sites for hydroxylation is 2. The minimum Gasteiger partial charge on any atom is -0.481 e. The molecule has 0 atom stereocenters. The molecule has 0 aromatic carbocycles. The molecule has 1 aromatic heterocycles. The lowest BCUT2D eigenvalue weighted by Gasteiger charge is -2.25. The molecule has 5 heteroatoms. The molecular formula is C12H16F2O2S. The molecule has 17 heavy (non-hydrogen) atoms. The van der Waals surface area contributed by atoms with Gasteiger partial charge in [-0.3, -0.25) is 4.79 Å². The molecule has 2 nitrogen and oxygen atoms in total. The van der Waals surface area contributed by atoms with Gasteiger partial charge >= 0.3 is 5.97 Å². The van der Waals surface area contributed by atoms with Gasteiger partial charge in [0.1, 0.15) is 0 Å². The first-order chi connectivity index (χ1) is 7.56. The van der Waals surface area contributed by atoms with Gasteiger partial charge in [-0.2, -0.15) is 0 Å². The van der Waals surface area contributed by atoms with Crippen LogP contribution in [-0.4, -0.2) is 11.1 Å². The second-order valence-corrected chi connectivity index (χ2v) is 6.20. The number of hydrogen-bond acceptors (Lipinski definition) is 2. The Balaban J connectivity index is 3.04. The molecule has 0 bridgehead atoms. The Hall–Kier alpha value is -0.970. The predicted octanol–water partition coefficient (Wildman–Crippen LogP) is 3.96. The zero-order valence-electron chi connectivity index (χ0n) is 10.3. The molecule has 0 unspecified atom stereocenters. The average Bonchev–Trinajstić information content (AvgIpc) is 2.43. The molecule has 0 radical (unpaired) electrons. The van der Waals surface area contributed by atoms with E-state index in [9.17, 15) is 13.6 Å². The summed E-state index contributed by atoms with van der Waals surface area (Å²) in [5, 5.41) is 8.90. The van der Waals surface area contributed by atoms with E-state index in [1.165, 1.54) is 13.8 Å². The van der Waals surface area contributed by atoms with E-state index in [1.54, 1.807) is 19.9 Å². The van der Waals surface area contributed by atoms with Crippen LogP contribution in [0, 0.1) is 19.3 Å². The molecule has 0 aliphatic carbocycles. The van der Waals surface area contributed by atoms with Gasteiger partial charge in [0.05, 0.1) is 10.3 Å². The minimum absolute atomic E-state index is 0.0238. The molecule has 0 saturated carbocycles. The Morgan fingerprint density at radius 2 is 1.94 bits per heavy atom. The van der Waals surface area contributed by atoms with Crippen LogP contribution in [0.15, 0.2) is 6.07 Å². The Bertz CT molecular complexity index is 436. The lowest BCUT2D eigenvalue weighted by Crippen LogP contribution is -2.31. The van der Waals surface area contributed by atoms with E-state index in [-0.39, 0.29) is 4.88 Å². The smallest absolute Gasteiger partial charge is 0.309 e. The lowest BCUT2D eigenvalue weighted by molar-refractivity contribution is -0.153. The zero-order valence-corrected chi connectivity index (χ0v) is 11.1. The van der Waals surface area contributed by atoms with Crippen molar-refractivity contribution in [3.63, 3.8) is 0 Å². The van der Waals surface area contributed by atoms with E-state index in [4.69, 9.17) is 5.11 Å². The van der Waals surface area contributed by atoms with Gasteiger partial charge in [-0.1, -0.05) is 0 Å². The number of halogens is 2.